The van der Waals surface area contributed by atoms with Crippen molar-refractivity contribution in [1.29, 1.82) is 0 Å². The van der Waals surface area contributed by atoms with Gasteiger partial charge in [-0.25, -0.2) is 0 Å². The molecular weight excluding hydrogens is 348 g/mol. The number of carbonyl (C=O) groups is 1. The fourth-order valence-electron chi connectivity index (χ4n) is 4.11. The van der Waals surface area contributed by atoms with E-state index in [0.29, 0.717) is 0 Å². The molecule has 0 atom stereocenters. The van der Waals surface area contributed by atoms with Crippen molar-refractivity contribution in [1.82, 2.24) is 9.88 Å². The zero-order chi connectivity index (χ0) is 19.8. The lowest BCUT2D eigenvalue weighted by atomic mass is 10.0. The van der Waals surface area contributed by atoms with Crippen LogP contribution in [0.4, 0.5) is 0 Å². The quantitative estimate of drug-likeness (QED) is 0.692. The van der Waals surface area contributed by atoms with E-state index in [0.717, 1.165) is 53.8 Å². The predicted octanol–water partition coefficient (Wildman–Crippen LogP) is 5.09. The highest BCUT2D eigenvalue weighted by Gasteiger charge is 2.25. The van der Waals surface area contributed by atoms with Gasteiger partial charge in [0.2, 0.25) is 0 Å². The zero-order valence-electron chi connectivity index (χ0n) is 17.1. The lowest BCUT2D eigenvalue weighted by Gasteiger charge is -2.33. The van der Waals surface area contributed by atoms with Crippen LogP contribution in [0, 0.1) is 27.7 Å². The molecule has 1 N–H and O–H groups in total. The number of carbonyl (C=O) groups excluding carboxylic acids is 1. The molecule has 3 aromatic rings. The molecule has 0 saturated carbocycles. The smallest absolute Gasteiger partial charge is 0.253 e. The molecule has 1 aliphatic heterocycles. The van der Waals surface area contributed by atoms with E-state index in [-0.39, 0.29) is 12.0 Å². The van der Waals surface area contributed by atoms with Gasteiger partial charge in [0.1, 0.15) is 11.9 Å². The summed E-state index contributed by atoms with van der Waals surface area (Å²) in [6.45, 7) is 9.80. The Balaban J connectivity index is 1.43. The highest BCUT2D eigenvalue weighted by Crippen LogP contribution is 2.27. The van der Waals surface area contributed by atoms with Crippen molar-refractivity contribution in [2.75, 3.05) is 13.1 Å². The number of H-pyrrole nitrogens is 1. The Kier molecular flexibility index (Phi) is 4.88. The van der Waals surface area contributed by atoms with E-state index in [2.05, 4.69) is 50.9 Å². The molecule has 146 valence electrons. The zero-order valence-corrected chi connectivity index (χ0v) is 17.1. The van der Waals surface area contributed by atoms with Gasteiger partial charge in [-0.05, 0) is 62.6 Å². The summed E-state index contributed by atoms with van der Waals surface area (Å²) in [6, 6.07) is 12.2. The third-order valence-electron chi connectivity index (χ3n) is 5.98. The van der Waals surface area contributed by atoms with E-state index in [9.17, 15) is 4.79 Å². The summed E-state index contributed by atoms with van der Waals surface area (Å²) in [5, 5.41) is 1.14. The number of nitrogens with zero attached hydrogens (tertiary/aromatic N) is 1. The third kappa shape index (κ3) is 3.39. The van der Waals surface area contributed by atoms with Gasteiger partial charge in [-0.15, -0.1) is 0 Å². The molecular formula is C24H28N2O2. The first kappa shape index (κ1) is 18.6. The molecule has 28 heavy (non-hydrogen) atoms. The number of rotatable bonds is 3. The minimum Gasteiger partial charge on any atom is -0.490 e. The maximum Gasteiger partial charge on any atom is 0.253 e. The van der Waals surface area contributed by atoms with Gasteiger partial charge in [0.15, 0.2) is 0 Å². The number of para-hydroxylation sites is 1. The molecule has 0 radical (unpaired) electrons. The van der Waals surface area contributed by atoms with Crippen LogP contribution in [0.1, 0.15) is 45.6 Å². The molecule has 1 aliphatic rings. The van der Waals surface area contributed by atoms with Gasteiger partial charge in [-0.1, -0.05) is 18.2 Å². The number of piperidine rings is 1. The minimum absolute atomic E-state index is 0.116. The van der Waals surface area contributed by atoms with Gasteiger partial charge >= 0.3 is 0 Å². The maximum absolute atomic E-state index is 13.0. The number of nitrogens with one attached hydrogen (secondary N) is 1. The number of benzene rings is 2. The Labute approximate surface area is 166 Å². The predicted molar refractivity (Wildman–Crippen MR) is 113 cm³/mol. The molecule has 2 heterocycles. The molecule has 4 heteroatoms. The second-order valence-electron chi connectivity index (χ2n) is 7.97. The first-order chi connectivity index (χ1) is 13.4. The standard InChI is InChI=1S/C24H28N2O2/c1-15-6-5-7-16(2)23(15)28-20-10-12-26(13-11-20)24(27)19-8-9-22-21(14-19)17(3)18(4)25-22/h5-9,14,20,25H,10-13H2,1-4H3. The van der Waals surface area contributed by atoms with Gasteiger partial charge in [0.05, 0.1) is 0 Å². The van der Waals surface area contributed by atoms with Crippen LogP contribution >= 0.6 is 0 Å². The van der Waals surface area contributed by atoms with Crippen molar-refractivity contribution in [3.05, 3.63) is 64.3 Å². The Morgan fingerprint density at radius 2 is 1.71 bits per heavy atom. The van der Waals surface area contributed by atoms with Gasteiger partial charge in [-0.2, -0.15) is 0 Å². The SMILES string of the molecule is Cc1cccc(C)c1OC1CCN(C(=O)c2ccc3[nH]c(C)c(C)c3c2)CC1. The fraction of sp³-hybridized carbons (Fsp3) is 0.375. The summed E-state index contributed by atoms with van der Waals surface area (Å²) in [4.78, 5) is 18.3. The number of aromatic nitrogens is 1. The first-order valence-corrected chi connectivity index (χ1v) is 10.0. The van der Waals surface area contributed by atoms with Crippen LogP contribution in [0.2, 0.25) is 0 Å². The number of fused-ring (bicyclic) bond motifs is 1. The molecule has 0 bridgehead atoms. The normalized spacial score (nSPS) is 15.2. The third-order valence-corrected chi connectivity index (χ3v) is 5.98. The summed E-state index contributed by atoms with van der Waals surface area (Å²) in [7, 11) is 0. The number of hydrogen-bond acceptors (Lipinski definition) is 2. The average molecular weight is 377 g/mol. The van der Waals surface area contributed by atoms with Crippen LogP contribution in [0.3, 0.4) is 0 Å². The first-order valence-electron chi connectivity index (χ1n) is 10.0. The summed E-state index contributed by atoms with van der Waals surface area (Å²) in [5.74, 6) is 1.11. The van der Waals surface area contributed by atoms with Crippen LogP contribution in [0.25, 0.3) is 10.9 Å². The number of ether oxygens (including phenoxy) is 1. The van der Waals surface area contributed by atoms with E-state index in [4.69, 9.17) is 4.74 Å². The van der Waals surface area contributed by atoms with Crippen molar-refractivity contribution < 1.29 is 9.53 Å². The van der Waals surface area contributed by atoms with Gasteiger partial charge in [-0.3, -0.25) is 4.79 Å². The van der Waals surface area contributed by atoms with E-state index in [1.165, 1.54) is 16.7 Å². The van der Waals surface area contributed by atoms with Crippen LogP contribution < -0.4 is 4.74 Å². The number of amides is 1. The topological polar surface area (TPSA) is 45.3 Å². The highest BCUT2D eigenvalue weighted by molar-refractivity contribution is 5.99. The summed E-state index contributed by atoms with van der Waals surface area (Å²) in [6.07, 6.45) is 1.90. The van der Waals surface area contributed by atoms with Crippen molar-refractivity contribution >= 4 is 16.8 Å². The van der Waals surface area contributed by atoms with Crippen molar-refractivity contribution in [2.24, 2.45) is 0 Å². The molecule has 4 rings (SSSR count). The van der Waals surface area contributed by atoms with Gasteiger partial charge in [0, 0.05) is 48.1 Å². The minimum atomic E-state index is 0.116. The summed E-state index contributed by atoms with van der Waals surface area (Å²) >= 11 is 0. The molecule has 0 unspecified atom stereocenters. The Morgan fingerprint density at radius 1 is 1.04 bits per heavy atom. The Morgan fingerprint density at radius 3 is 2.39 bits per heavy atom. The second kappa shape index (κ2) is 7.34. The molecule has 1 amide bonds. The monoisotopic (exact) mass is 376 g/mol. The average Bonchev–Trinajstić information content (AvgIpc) is 2.98. The Hall–Kier alpha value is -2.75. The number of aromatic amines is 1. The molecule has 1 saturated heterocycles. The molecule has 2 aromatic carbocycles. The molecule has 0 aliphatic carbocycles. The maximum atomic E-state index is 13.0. The largest absolute Gasteiger partial charge is 0.490 e. The summed E-state index contributed by atoms with van der Waals surface area (Å²) in [5.41, 5.74) is 6.57. The van der Waals surface area contributed by atoms with Crippen LogP contribution in [-0.4, -0.2) is 35.0 Å². The van der Waals surface area contributed by atoms with Crippen LogP contribution in [0.15, 0.2) is 36.4 Å². The highest BCUT2D eigenvalue weighted by atomic mass is 16.5. The van der Waals surface area contributed by atoms with Crippen molar-refractivity contribution in [3.8, 4) is 5.75 Å². The number of likely N-dealkylation sites (tertiary alicyclic amines) is 1. The molecule has 4 nitrogen and oxygen atoms in total. The second-order valence-corrected chi connectivity index (χ2v) is 7.97. The Bertz CT molecular complexity index is 1010. The molecule has 1 aromatic heterocycles. The number of hydrogen-bond donors (Lipinski definition) is 1. The van der Waals surface area contributed by atoms with Gasteiger partial charge < -0.3 is 14.6 Å². The lowest BCUT2D eigenvalue weighted by molar-refractivity contribution is 0.0593. The lowest BCUT2D eigenvalue weighted by Crippen LogP contribution is -2.41. The van der Waals surface area contributed by atoms with E-state index >= 15 is 0 Å². The van der Waals surface area contributed by atoms with Crippen molar-refractivity contribution in [2.45, 2.75) is 46.6 Å². The summed E-state index contributed by atoms with van der Waals surface area (Å²) < 4.78 is 6.28. The van der Waals surface area contributed by atoms with E-state index in [1.54, 1.807) is 0 Å². The molecule has 1 fully saturated rings. The van der Waals surface area contributed by atoms with Crippen LogP contribution in [-0.2, 0) is 0 Å². The van der Waals surface area contributed by atoms with E-state index in [1.807, 2.05) is 23.1 Å². The van der Waals surface area contributed by atoms with Gasteiger partial charge in [0.25, 0.3) is 5.91 Å². The van der Waals surface area contributed by atoms with E-state index < -0.39 is 0 Å². The number of aryl methyl sites for hydroxylation is 4. The van der Waals surface area contributed by atoms with Crippen molar-refractivity contribution in [3.63, 3.8) is 0 Å². The fourth-order valence-corrected chi connectivity index (χ4v) is 4.11. The molecule has 0 spiro atoms. The van der Waals surface area contributed by atoms with Crippen LogP contribution in [0.5, 0.6) is 5.75 Å².